The van der Waals surface area contributed by atoms with Crippen molar-refractivity contribution in [2.75, 3.05) is 7.11 Å². The molecule has 0 aliphatic carbocycles. The second-order valence-electron chi connectivity index (χ2n) is 8.78. The molecule has 0 saturated heterocycles. The lowest BCUT2D eigenvalue weighted by Gasteiger charge is -2.31. The Labute approximate surface area is 217 Å². The highest BCUT2D eigenvalue weighted by atomic mass is 16.5. The van der Waals surface area contributed by atoms with Crippen LogP contribution in [0.1, 0.15) is 22.4 Å². The molecule has 0 aliphatic heterocycles. The fourth-order valence-electron chi connectivity index (χ4n) is 4.15. The predicted molar refractivity (Wildman–Crippen MR) is 144 cm³/mol. The first-order valence-corrected chi connectivity index (χ1v) is 12.3. The van der Waals surface area contributed by atoms with Gasteiger partial charge in [0.05, 0.1) is 25.8 Å². The summed E-state index contributed by atoms with van der Waals surface area (Å²) >= 11 is 0. The molecule has 0 spiro atoms. The van der Waals surface area contributed by atoms with Crippen molar-refractivity contribution < 1.29 is 14.3 Å². The summed E-state index contributed by atoms with van der Waals surface area (Å²) in [6.07, 6.45) is 2.30. The van der Waals surface area contributed by atoms with E-state index in [1.54, 1.807) is 18.2 Å². The Morgan fingerprint density at radius 2 is 1.46 bits per heavy atom. The van der Waals surface area contributed by atoms with Gasteiger partial charge in [0.1, 0.15) is 11.8 Å². The molecule has 0 radical (unpaired) electrons. The molecule has 6 heteroatoms. The molecule has 188 valence electrons. The Morgan fingerprint density at radius 3 is 2.08 bits per heavy atom. The average molecular weight is 494 g/mol. The summed E-state index contributed by atoms with van der Waals surface area (Å²) < 4.78 is 5.29. The van der Waals surface area contributed by atoms with Gasteiger partial charge in [-0.25, -0.2) is 0 Å². The van der Waals surface area contributed by atoms with Gasteiger partial charge in [-0.05, 0) is 41.0 Å². The van der Waals surface area contributed by atoms with E-state index in [9.17, 15) is 9.59 Å². The Hall–Kier alpha value is -4.45. The van der Waals surface area contributed by atoms with Gasteiger partial charge in [0, 0.05) is 19.2 Å². The zero-order valence-corrected chi connectivity index (χ0v) is 20.9. The summed E-state index contributed by atoms with van der Waals surface area (Å²) in [5.74, 6) is 0.403. The Balaban J connectivity index is 1.64. The predicted octanol–water partition coefficient (Wildman–Crippen LogP) is 4.59. The molecule has 37 heavy (non-hydrogen) atoms. The first kappa shape index (κ1) is 25.6. The van der Waals surface area contributed by atoms with Crippen LogP contribution in [0.5, 0.6) is 5.75 Å². The second-order valence-corrected chi connectivity index (χ2v) is 8.78. The number of rotatable bonds is 11. The van der Waals surface area contributed by atoms with Crippen molar-refractivity contribution in [2.45, 2.75) is 32.0 Å². The van der Waals surface area contributed by atoms with E-state index >= 15 is 0 Å². The largest absolute Gasteiger partial charge is 0.497 e. The molecule has 1 heterocycles. The topological polar surface area (TPSA) is 71.5 Å². The van der Waals surface area contributed by atoms with Crippen molar-refractivity contribution in [3.8, 4) is 5.75 Å². The van der Waals surface area contributed by atoms with Gasteiger partial charge in [-0.3, -0.25) is 14.6 Å². The highest BCUT2D eigenvalue weighted by Crippen LogP contribution is 2.19. The fraction of sp³-hybridized carbons (Fsp3) is 0.194. The third-order valence-corrected chi connectivity index (χ3v) is 6.15. The first-order chi connectivity index (χ1) is 18.1. The number of hydrogen-bond donors (Lipinski definition) is 1. The van der Waals surface area contributed by atoms with Crippen LogP contribution in [0.15, 0.2) is 109 Å². The number of ether oxygens (including phenoxy) is 1. The molecule has 1 aromatic heterocycles. The smallest absolute Gasteiger partial charge is 0.243 e. The van der Waals surface area contributed by atoms with Crippen LogP contribution in [0.3, 0.4) is 0 Å². The molecular weight excluding hydrogens is 462 g/mol. The Morgan fingerprint density at radius 1 is 0.811 bits per heavy atom. The van der Waals surface area contributed by atoms with Crippen molar-refractivity contribution >= 4 is 11.8 Å². The fourth-order valence-corrected chi connectivity index (χ4v) is 4.15. The summed E-state index contributed by atoms with van der Waals surface area (Å²) in [6, 6.07) is 31.8. The van der Waals surface area contributed by atoms with Crippen molar-refractivity contribution in [1.82, 2.24) is 15.2 Å². The maximum absolute atomic E-state index is 13.8. The van der Waals surface area contributed by atoms with Gasteiger partial charge >= 0.3 is 0 Å². The van der Waals surface area contributed by atoms with E-state index in [0.717, 1.165) is 28.1 Å². The lowest BCUT2D eigenvalue weighted by molar-refractivity contribution is -0.140. The summed E-state index contributed by atoms with van der Waals surface area (Å²) in [7, 11) is 1.62. The zero-order valence-electron chi connectivity index (χ0n) is 20.9. The van der Waals surface area contributed by atoms with Gasteiger partial charge in [0.2, 0.25) is 11.8 Å². The molecule has 0 fully saturated rings. The van der Waals surface area contributed by atoms with Crippen LogP contribution in [0.25, 0.3) is 0 Å². The van der Waals surface area contributed by atoms with E-state index in [4.69, 9.17) is 4.74 Å². The molecule has 1 atom stereocenters. The molecule has 0 bridgehead atoms. The van der Waals surface area contributed by atoms with E-state index in [2.05, 4.69) is 10.3 Å². The summed E-state index contributed by atoms with van der Waals surface area (Å²) in [4.78, 5) is 33.4. The quantitative estimate of drug-likeness (QED) is 0.332. The van der Waals surface area contributed by atoms with E-state index in [-0.39, 0.29) is 24.8 Å². The van der Waals surface area contributed by atoms with Crippen LogP contribution in [0.4, 0.5) is 0 Å². The van der Waals surface area contributed by atoms with Crippen LogP contribution >= 0.6 is 0 Å². The van der Waals surface area contributed by atoms with Crippen LogP contribution in [0, 0.1) is 0 Å². The number of nitrogens with one attached hydrogen (secondary N) is 1. The third-order valence-electron chi connectivity index (χ3n) is 6.15. The van der Waals surface area contributed by atoms with Crippen molar-refractivity contribution in [3.05, 3.63) is 132 Å². The van der Waals surface area contributed by atoms with E-state index in [1.165, 1.54) is 0 Å². The number of methoxy groups -OCH3 is 1. The highest BCUT2D eigenvalue weighted by molar-refractivity contribution is 5.88. The third kappa shape index (κ3) is 7.51. The molecule has 4 rings (SSSR count). The molecule has 4 aromatic rings. The number of carbonyl (C=O) groups excluding carboxylic acids is 2. The number of nitrogens with zero attached hydrogens (tertiary/aromatic N) is 2. The minimum absolute atomic E-state index is 0.115. The highest BCUT2D eigenvalue weighted by Gasteiger charge is 2.30. The van der Waals surface area contributed by atoms with Crippen molar-refractivity contribution in [1.29, 1.82) is 0 Å². The first-order valence-electron chi connectivity index (χ1n) is 12.3. The number of benzene rings is 3. The van der Waals surface area contributed by atoms with Gasteiger partial charge < -0.3 is 15.0 Å². The van der Waals surface area contributed by atoms with Gasteiger partial charge in [0.15, 0.2) is 0 Å². The number of hydrogen-bond acceptors (Lipinski definition) is 4. The number of aromatic nitrogens is 1. The molecule has 0 saturated carbocycles. The van der Waals surface area contributed by atoms with E-state index in [1.807, 2.05) is 103 Å². The maximum atomic E-state index is 13.8. The van der Waals surface area contributed by atoms with E-state index < -0.39 is 6.04 Å². The lowest BCUT2D eigenvalue weighted by atomic mass is 10.0. The van der Waals surface area contributed by atoms with Gasteiger partial charge in [-0.15, -0.1) is 0 Å². The molecule has 6 nitrogen and oxygen atoms in total. The second kappa shape index (κ2) is 13.0. The Bertz CT molecular complexity index is 1260. The molecule has 1 unspecified atom stereocenters. The lowest BCUT2D eigenvalue weighted by Crippen LogP contribution is -2.50. The minimum atomic E-state index is -0.704. The molecule has 1 N–H and O–H groups in total. The summed E-state index contributed by atoms with van der Waals surface area (Å²) in [5, 5.41) is 3.01. The SMILES string of the molecule is COc1ccc(CN(C(=O)Cc2ccccc2)C(Cc2ccccc2)C(=O)NCc2ccccn2)cc1. The van der Waals surface area contributed by atoms with Crippen molar-refractivity contribution in [2.24, 2.45) is 0 Å². The van der Waals surface area contributed by atoms with Crippen molar-refractivity contribution in [3.63, 3.8) is 0 Å². The molecule has 3 aromatic carbocycles. The van der Waals surface area contributed by atoms with Crippen LogP contribution < -0.4 is 10.1 Å². The molecule has 2 amide bonds. The maximum Gasteiger partial charge on any atom is 0.243 e. The van der Waals surface area contributed by atoms with Crippen LogP contribution in [-0.4, -0.2) is 34.8 Å². The monoisotopic (exact) mass is 493 g/mol. The number of pyridine rings is 1. The molecule has 0 aliphatic rings. The number of amides is 2. The minimum Gasteiger partial charge on any atom is -0.497 e. The normalized spacial score (nSPS) is 11.4. The van der Waals surface area contributed by atoms with Gasteiger partial charge in [-0.2, -0.15) is 0 Å². The summed E-state index contributed by atoms with van der Waals surface area (Å²) in [6.45, 7) is 0.582. The van der Waals surface area contributed by atoms with Crippen LogP contribution in [0.2, 0.25) is 0 Å². The zero-order chi connectivity index (χ0) is 25.9. The van der Waals surface area contributed by atoms with Gasteiger partial charge in [-0.1, -0.05) is 78.9 Å². The average Bonchev–Trinajstić information content (AvgIpc) is 2.95. The Kier molecular flexibility index (Phi) is 9.02. The van der Waals surface area contributed by atoms with Crippen LogP contribution in [-0.2, 0) is 35.5 Å². The molecular formula is C31H31N3O3. The number of carbonyl (C=O) groups is 2. The summed E-state index contributed by atoms with van der Waals surface area (Å²) in [5.41, 5.74) is 3.55. The van der Waals surface area contributed by atoms with E-state index in [0.29, 0.717) is 13.0 Å². The standard InChI is InChI=1S/C31H31N3O3/c1-37-28-17-15-26(16-18-28)23-34(30(35)21-25-12-6-3-7-13-25)29(20-24-10-4-2-5-11-24)31(36)33-22-27-14-8-9-19-32-27/h2-19,29H,20-23H2,1H3,(H,33,36). The van der Waals surface area contributed by atoms with Gasteiger partial charge in [0.25, 0.3) is 0 Å².